The summed E-state index contributed by atoms with van der Waals surface area (Å²) in [6.07, 6.45) is 4.64. The molecule has 0 unspecified atom stereocenters. The molecule has 2 aliphatic rings. The van der Waals surface area contributed by atoms with Gasteiger partial charge >= 0.3 is 0 Å². The van der Waals surface area contributed by atoms with E-state index in [0.29, 0.717) is 0 Å². The van der Waals surface area contributed by atoms with Gasteiger partial charge in [0, 0.05) is 0 Å². The Labute approximate surface area is 173 Å². The van der Waals surface area contributed by atoms with Crippen molar-refractivity contribution in [1.29, 1.82) is 0 Å². The van der Waals surface area contributed by atoms with E-state index in [4.69, 9.17) is 0 Å². The van der Waals surface area contributed by atoms with E-state index >= 15 is 0 Å². The molecule has 0 atom stereocenters. The first kappa shape index (κ1) is 17.2. The zero-order valence-electron chi connectivity index (χ0n) is 17.1. The van der Waals surface area contributed by atoms with Gasteiger partial charge in [-0.3, -0.25) is 0 Å². The van der Waals surface area contributed by atoms with Crippen LogP contribution in [0.2, 0.25) is 0 Å². The minimum Gasteiger partial charge on any atom is -0.217 e. The molecule has 6 rings (SSSR count). The van der Waals surface area contributed by atoms with Gasteiger partial charge in [-0.05, 0) is 60.9 Å². The average Bonchev–Trinajstić information content (AvgIpc) is 2.75. The average molecular weight is 392 g/mol. The lowest BCUT2D eigenvalue weighted by atomic mass is 10.0. The molecule has 0 saturated heterocycles. The van der Waals surface area contributed by atoms with E-state index in [1.54, 1.807) is 0 Å². The normalized spacial score (nSPS) is 21.1. The summed E-state index contributed by atoms with van der Waals surface area (Å²) in [6.45, 7) is 0. The van der Waals surface area contributed by atoms with Gasteiger partial charge in [0.2, 0.25) is 0 Å². The Morgan fingerprint density at radius 1 is 0.483 bits per heavy atom. The predicted molar refractivity (Wildman–Crippen MR) is 127 cm³/mol. The number of fused-ring (bicyclic) bond motifs is 8. The van der Waals surface area contributed by atoms with Crippen molar-refractivity contribution in [3.8, 4) is 0 Å². The van der Waals surface area contributed by atoms with Gasteiger partial charge in [0.05, 0.1) is 0 Å². The van der Waals surface area contributed by atoms with Gasteiger partial charge in [0.25, 0.3) is 0 Å². The molecular formula is C27H25BS. The molecule has 4 aromatic carbocycles. The van der Waals surface area contributed by atoms with Gasteiger partial charge in [-0.25, -0.2) is 8.15 Å². The van der Waals surface area contributed by atoms with Crippen LogP contribution in [0.15, 0.2) is 117 Å². The molecule has 4 aromatic rings. The SMILES string of the molecule is BS12(C)(c3ccccc3Cc3ccccc31)c1ccccc1Cc1ccccc12. The first-order valence-electron chi connectivity index (χ1n) is 10.4. The number of benzene rings is 4. The molecule has 0 saturated carbocycles. The smallest absolute Gasteiger partial charge is 0.158 e. The number of rotatable bonds is 0. The second-order valence-electron chi connectivity index (χ2n) is 9.44. The number of hydrogen-bond donors (Lipinski definition) is 0. The minimum absolute atomic E-state index is 1.01. The molecule has 0 nitrogen and oxygen atoms in total. The highest BCUT2D eigenvalue weighted by Gasteiger charge is 2.64. The zero-order valence-corrected chi connectivity index (χ0v) is 17.9. The summed E-state index contributed by atoms with van der Waals surface area (Å²) in [5.74, 6) is 0. The quantitative estimate of drug-likeness (QED) is 0.318. The fourth-order valence-electron chi connectivity index (χ4n) is 6.51. The molecule has 0 aromatic heterocycles. The van der Waals surface area contributed by atoms with Crippen molar-refractivity contribution in [2.45, 2.75) is 32.4 Å². The predicted octanol–water partition coefficient (Wildman–Crippen LogP) is 6.09. The summed E-state index contributed by atoms with van der Waals surface area (Å²) in [6, 6.07) is 36.9. The van der Waals surface area contributed by atoms with Crippen LogP contribution in [0.3, 0.4) is 0 Å². The van der Waals surface area contributed by atoms with Gasteiger partial charge in [-0.2, -0.15) is 0 Å². The summed E-state index contributed by atoms with van der Waals surface area (Å²) in [7, 11) is -0.634. The zero-order chi connectivity index (χ0) is 19.8. The number of hydrogen-bond acceptors (Lipinski definition) is 0. The Kier molecular flexibility index (Phi) is 3.00. The minimum atomic E-state index is -3.25. The van der Waals surface area contributed by atoms with Gasteiger partial charge < -0.3 is 0 Å². The second kappa shape index (κ2) is 5.06. The van der Waals surface area contributed by atoms with E-state index in [0.717, 1.165) is 12.8 Å². The lowest BCUT2D eigenvalue weighted by Crippen LogP contribution is -2.43. The molecule has 1 spiro atoms. The maximum absolute atomic E-state index is 3.25. The third-order valence-corrected chi connectivity index (χ3v) is 15.5. The van der Waals surface area contributed by atoms with E-state index in [2.05, 4.69) is 110 Å². The van der Waals surface area contributed by atoms with Crippen LogP contribution >= 0.6 is 8.15 Å². The van der Waals surface area contributed by atoms with Crippen molar-refractivity contribution >= 4 is 15.3 Å². The molecule has 0 N–H and O–H groups in total. The summed E-state index contributed by atoms with van der Waals surface area (Å²) in [5.41, 5.74) is 5.91. The second-order valence-corrected chi connectivity index (χ2v) is 16.5. The van der Waals surface area contributed by atoms with E-state index < -0.39 is 8.15 Å². The lowest BCUT2D eigenvalue weighted by molar-refractivity contribution is 0.946. The van der Waals surface area contributed by atoms with Crippen molar-refractivity contribution in [3.05, 3.63) is 119 Å². The molecule has 2 aliphatic heterocycles. The van der Waals surface area contributed by atoms with Gasteiger partial charge in [-0.1, -0.05) is 97.1 Å². The van der Waals surface area contributed by atoms with E-state index in [1.807, 2.05) is 0 Å². The molecule has 29 heavy (non-hydrogen) atoms. The standard InChI is InChI=1S/C27H25BS/c1-29(28,24-14-6-2-10-20(24)18-21-11-3-7-15-25(21)29)26-16-8-4-12-22(26)19-23-13-5-9-17-27(23)29/h2-17H,18-19,28H2,1H3. The monoisotopic (exact) mass is 392 g/mol. The fourth-order valence-corrected chi connectivity index (χ4v) is 14.4. The Hall–Kier alpha value is -2.71. The van der Waals surface area contributed by atoms with Crippen LogP contribution in [0, 0.1) is 0 Å². The molecule has 0 fully saturated rings. The molecule has 0 amide bonds. The summed E-state index contributed by atoms with van der Waals surface area (Å²) in [4.78, 5) is 6.13. The molecule has 142 valence electrons. The molecule has 0 radical (unpaired) electrons. The van der Waals surface area contributed by atoms with Crippen LogP contribution in [0.4, 0.5) is 0 Å². The van der Waals surface area contributed by atoms with Crippen molar-refractivity contribution in [2.75, 3.05) is 6.26 Å². The van der Waals surface area contributed by atoms with Crippen molar-refractivity contribution < 1.29 is 0 Å². The van der Waals surface area contributed by atoms with Crippen LogP contribution in [-0.2, 0) is 12.8 Å². The molecular weight excluding hydrogens is 367 g/mol. The Bertz CT molecular complexity index is 1130. The first-order valence-corrected chi connectivity index (χ1v) is 13.6. The van der Waals surface area contributed by atoms with Crippen LogP contribution in [0.1, 0.15) is 22.3 Å². The van der Waals surface area contributed by atoms with Crippen molar-refractivity contribution in [2.24, 2.45) is 0 Å². The van der Waals surface area contributed by atoms with E-state index in [9.17, 15) is 0 Å². The maximum Gasteiger partial charge on any atom is 0.158 e. The van der Waals surface area contributed by atoms with Gasteiger partial charge in [-0.15, -0.1) is 0 Å². The first-order chi connectivity index (χ1) is 14.0. The maximum atomic E-state index is 2.62. The van der Waals surface area contributed by atoms with E-state index in [1.165, 1.54) is 41.8 Å². The molecule has 0 aliphatic carbocycles. The lowest BCUT2D eigenvalue weighted by Gasteiger charge is -2.79. The third kappa shape index (κ3) is 1.72. The van der Waals surface area contributed by atoms with Crippen molar-refractivity contribution in [3.63, 3.8) is 0 Å². The Morgan fingerprint density at radius 3 is 1.00 bits per heavy atom. The molecule has 0 bridgehead atoms. The molecule has 2 heterocycles. The van der Waals surface area contributed by atoms with Gasteiger partial charge in [0.1, 0.15) is 0 Å². The largest absolute Gasteiger partial charge is 0.217 e. The highest BCUT2D eigenvalue weighted by molar-refractivity contribution is 8.78. The van der Waals surface area contributed by atoms with Gasteiger partial charge in [0.15, 0.2) is 7.12 Å². The summed E-state index contributed by atoms with van der Waals surface area (Å²) < 4.78 is 0. The van der Waals surface area contributed by atoms with Crippen LogP contribution in [-0.4, -0.2) is 13.4 Å². The van der Waals surface area contributed by atoms with Crippen LogP contribution in [0.25, 0.3) is 0 Å². The van der Waals surface area contributed by atoms with Crippen molar-refractivity contribution in [1.82, 2.24) is 0 Å². The molecule has 2 heteroatoms. The van der Waals surface area contributed by atoms with E-state index in [-0.39, 0.29) is 0 Å². The van der Waals surface area contributed by atoms with Crippen LogP contribution in [0.5, 0.6) is 0 Å². The Balaban J connectivity index is 1.99. The highest BCUT2D eigenvalue weighted by atomic mass is 32.4. The summed E-state index contributed by atoms with van der Waals surface area (Å²) in [5, 5.41) is 0. The fraction of sp³-hybridized carbons (Fsp3) is 0.111. The third-order valence-electron chi connectivity index (χ3n) is 7.73. The Morgan fingerprint density at radius 2 is 0.724 bits per heavy atom. The highest BCUT2D eigenvalue weighted by Crippen LogP contribution is 3.04. The van der Waals surface area contributed by atoms with Crippen LogP contribution < -0.4 is 0 Å². The topological polar surface area (TPSA) is 0 Å². The summed E-state index contributed by atoms with van der Waals surface area (Å²) >= 11 is 0.